The average Bonchev–Trinajstić information content (AvgIpc) is 3.28. The molecule has 2 aromatic rings. The van der Waals surface area contributed by atoms with Crippen molar-refractivity contribution in [3.63, 3.8) is 0 Å². The van der Waals surface area contributed by atoms with Gasteiger partial charge in [0.15, 0.2) is 0 Å². The number of imide groups is 1. The van der Waals surface area contributed by atoms with Crippen molar-refractivity contribution >= 4 is 53.3 Å². The van der Waals surface area contributed by atoms with Gasteiger partial charge in [0.1, 0.15) is 0 Å². The number of piperidine rings is 1. The topological polar surface area (TPSA) is 55.9 Å². The van der Waals surface area contributed by atoms with Crippen LogP contribution in [-0.2, 0) is 22.7 Å². The Bertz CT molecular complexity index is 1180. The molecule has 3 saturated heterocycles. The zero-order valence-electron chi connectivity index (χ0n) is 19.3. The first-order chi connectivity index (χ1) is 16.9. The molecule has 1 N–H and O–H groups in total. The van der Waals surface area contributed by atoms with Gasteiger partial charge in [-0.2, -0.15) is 12.6 Å². The highest BCUT2D eigenvalue weighted by Gasteiger charge is 2.42. The molecule has 2 amide bonds. The Morgan fingerprint density at radius 2 is 1.80 bits per heavy atom. The standard InChI is InChI=1S/C26H28Cl2N4O2S/c27-20-2-1-3-21(24(20)28)32-17-6-7-18(32)14-30(13-17)11-15-4-5-16-12-31(26(35)19(16)10-15)22-8-9-23(33)29-25(22)34/h1-5,10,17-18,22,26,35H,6-9,11-14H2,(H,29,33,34). The summed E-state index contributed by atoms with van der Waals surface area (Å²) in [4.78, 5) is 31.1. The molecule has 3 fully saturated rings. The quantitative estimate of drug-likeness (QED) is 0.453. The number of piperazine rings is 1. The van der Waals surface area contributed by atoms with Gasteiger partial charge < -0.3 is 4.90 Å². The summed E-state index contributed by atoms with van der Waals surface area (Å²) in [5, 5.41) is 3.59. The first-order valence-electron chi connectivity index (χ1n) is 12.2. The van der Waals surface area contributed by atoms with Gasteiger partial charge in [-0.1, -0.05) is 47.5 Å². The molecule has 6 nitrogen and oxygen atoms in total. The van der Waals surface area contributed by atoms with E-state index in [1.54, 1.807) is 0 Å². The van der Waals surface area contributed by atoms with Crippen molar-refractivity contribution < 1.29 is 9.59 Å². The number of carbonyl (C=O) groups is 2. The van der Waals surface area contributed by atoms with Gasteiger partial charge >= 0.3 is 0 Å². The van der Waals surface area contributed by atoms with Crippen molar-refractivity contribution in [3.05, 3.63) is 63.1 Å². The monoisotopic (exact) mass is 530 g/mol. The van der Waals surface area contributed by atoms with Crippen molar-refractivity contribution in [2.45, 2.75) is 62.3 Å². The molecule has 0 spiro atoms. The minimum atomic E-state index is -0.312. The Kier molecular flexibility index (Phi) is 6.26. The molecule has 2 aromatic carbocycles. The lowest BCUT2D eigenvalue weighted by atomic mass is 10.0. The molecular weight excluding hydrogens is 503 g/mol. The van der Waals surface area contributed by atoms with E-state index >= 15 is 0 Å². The van der Waals surface area contributed by atoms with E-state index in [1.165, 1.54) is 16.7 Å². The maximum atomic E-state index is 12.4. The molecule has 4 aliphatic heterocycles. The number of amides is 2. The number of hydrogen-bond acceptors (Lipinski definition) is 6. The summed E-state index contributed by atoms with van der Waals surface area (Å²) in [7, 11) is 0. The minimum Gasteiger partial charge on any atom is -0.362 e. The number of anilines is 1. The fourth-order valence-electron chi connectivity index (χ4n) is 6.33. The highest BCUT2D eigenvalue weighted by molar-refractivity contribution is 7.80. The molecule has 6 rings (SSSR count). The van der Waals surface area contributed by atoms with Crippen molar-refractivity contribution in [1.82, 2.24) is 15.1 Å². The number of likely N-dealkylation sites (tertiary alicyclic amines) is 1. The number of benzene rings is 2. The van der Waals surface area contributed by atoms with Gasteiger partial charge in [-0.25, -0.2) is 0 Å². The second kappa shape index (κ2) is 9.27. The van der Waals surface area contributed by atoms with Crippen molar-refractivity contribution in [1.29, 1.82) is 0 Å². The van der Waals surface area contributed by atoms with Crippen LogP contribution in [0.25, 0.3) is 0 Å². The predicted molar refractivity (Wildman–Crippen MR) is 141 cm³/mol. The van der Waals surface area contributed by atoms with Crippen LogP contribution in [0.15, 0.2) is 36.4 Å². The van der Waals surface area contributed by atoms with Gasteiger partial charge in [-0.05, 0) is 48.1 Å². The molecule has 184 valence electrons. The van der Waals surface area contributed by atoms with Gasteiger partial charge in [0.2, 0.25) is 11.8 Å². The van der Waals surface area contributed by atoms with Crippen LogP contribution in [0, 0.1) is 0 Å². The molecule has 35 heavy (non-hydrogen) atoms. The number of fused-ring (bicyclic) bond motifs is 3. The number of carbonyl (C=O) groups excluding carboxylic acids is 2. The van der Waals surface area contributed by atoms with Crippen LogP contribution in [0.1, 0.15) is 47.7 Å². The van der Waals surface area contributed by atoms with Gasteiger partial charge in [-0.15, -0.1) is 0 Å². The third-order valence-electron chi connectivity index (χ3n) is 7.94. The lowest BCUT2D eigenvalue weighted by Gasteiger charge is -2.43. The van der Waals surface area contributed by atoms with Crippen LogP contribution >= 0.6 is 35.8 Å². The number of rotatable bonds is 4. The minimum absolute atomic E-state index is 0.146. The van der Waals surface area contributed by atoms with Crippen LogP contribution < -0.4 is 10.2 Å². The summed E-state index contributed by atoms with van der Waals surface area (Å²) < 4.78 is 0. The van der Waals surface area contributed by atoms with E-state index in [4.69, 9.17) is 35.8 Å². The number of halogens is 2. The van der Waals surface area contributed by atoms with Gasteiger partial charge in [0.25, 0.3) is 0 Å². The van der Waals surface area contributed by atoms with E-state index < -0.39 is 0 Å². The molecule has 9 heteroatoms. The number of hydrogen-bond donors (Lipinski definition) is 2. The SMILES string of the molecule is O=C1CCC(N2Cc3ccc(CN4CC5CCC(C4)N5c4cccc(Cl)c4Cl)cc3C2S)C(=O)N1. The Hall–Kier alpha value is -1.77. The molecule has 4 atom stereocenters. The molecule has 0 saturated carbocycles. The van der Waals surface area contributed by atoms with Crippen molar-refractivity contribution in [2.75, 3.05) is 18.0 Å². The normalized spacial score (nSPS) is 28.9. The van der Waals surface area contributed by atoms with E-state index in [-0.39, 0.29) is 23.2 Å². The van der Waals surface area contributed by atoms with Crippen LogP contribution in [0.4, 0.5) is 5.69 Å². The number of thiol groups is 1. The molecule has 4 heterocycles. The van der Waals surface area contributed by atoms with Gasteiger partial charge in [0, 0.05) is 44.7 Å². The van der Waals surface area contributed by atoms with Crippen LogP contribution in [0.3, 0.4) is 0 Å². The van der Waals surface area contributed by atoms with E-state index in [1.807, 2.05) is 12.1 Å². The third kappa shape index (κ3) is 4.25. The van der Waals surface area contributed by atoms with Gasteiger partial charge in [-0.3, -0.25) is 24.7 Å². The van der Waals surface area contributed by atoms with Crippen LogP contribution in [-0.4, -0.2) is 52.8 Å². The van der Waals surface area contributed by atoms with Crippen LogP contribution in [0.5, 0.6) is 0 Å². The number of nitrogens with zero attached hydrogens (tertiary/aromatic N) is 3. The van der Waals surface area contributed by atoms with E-state index in [2.05, 4.69) is 44.3 Å². The molecule has 4 aliphatic rings. The molecule has 0 aliphatic carbocycles. The molecule has 2 bridgehead atoms. The summed E-state index contributed by atoms with van der Waals surface area (Å²) >= 11 is 17.7. The summed E-state index contributed by atoms with van der Waals surface area (Å²) in [6.45, 7) is 3.54. The van der Waals surface area contributed by atoms with Gasteiger partial charge in [0.05, 0.1) is 27.1 Å². The molecule has 0 radical (unpaired) electrons. The zero-order chi connectivity index (χ0) is 24.3. The third-order valence-corrected chi connectivity index (χ3v) is 9.32. The Morgan fingerprint density at radius 3 is 2.54 bits per heavy atom. The first kappa shape index (κ1) is 23.6. The highest BCUT2D eigenvalue weighted by Crippen LogP contribution is 2.42. The second-order valence-electron chi connectivity index (χ2n) is 10.1. The first-order valence-corrected chi connectivity index (χ1v) is 13.5. The van der Waals surface area contributed by atoms with E-state index in [0.717, 1.165) is 38.2 Å². The average molecular weight is 532 g/mol. The van der Waals surface area contributed by atoms with Crippen LogP contribution in [0.2, 0.25) is 10.0 Å². The fourth-order valence-corrected chi connectivity index (χ4v) is 7.21. The summed E-state index contributed by atoms with van der Waals surface area (Å²) in [5.41, 5.74) is 4.69. The summed E-state index contributed by atoms with van der Waals surface area (Å²) in [6, 6.07) is 13.1. The Morgan fingerprint density at radius 1 is 1.03 bits per heavy atom. The van der Waals surface area contributed by atoms with Crippen molar-refractivity contribution in [3.8, 4) is 0 Å². The number of nitrogens with one attached hydrogen (secondary N) is 1. The van der Waals surface area contributed by atoms with E-state index in [9.17, 15) is 9.59 Å². The lowest BCUT2D eigenvalue weighted by molar-refractivity contribution is -0.137. The maximum absolute atomic E-state index is 12.4. The zero-order valence-corrected chi connectivity index (χ0v) is 21.7. The Labute approximate surface area is 220 Å². The maximum Gasteiger partial charge on any atom is 0.243 e. The smallest absolute Gasteiger partial charge is 0.243 e. The summed E-state index contributed by atoms with van der Waals surface area (Å²) in [6.07, 6.45) is 3.25. The van der Waals surface area contributed by atoms with Crippen molar-refractivity contribution in [2.24, 2.45) is 0 Å². The second-order valence-corrected chi connectivity index (χ2v) is 11.4. The summed E-state index contributed by atoms with van der Waals surface area (Å²) in [5.74, 6) is -0.394. The molecular formula is C26H28Cl2N4O2S. The predicted octanol–water partition coefficient (Wildman–Crippen LogP) is 4.40. The largest absolute Gasteiger partial charge is 0.362 e. The fraction of sp³-hybridized carbons (Fsp3) is 0.462. The highest BCUT2D eigenvalue weighted by atomic mass is 35.5. The lowest BCUT2D eigenvalue weighted by Crippen LogP contribution is -2.53. The van der Waals surface area contributed by atoms with E-state index in [0.29, 0.717) is 41.5 Å². The molecule has 4 unspecified atom stereocenters. The Balaban J connectivity index is 1.15. The molecule has 0 aromatic heterocycles.